The second-order valence-electron chi connectivity index (χ2n) is 6.24. The minimum absolute atomic E-state index is 0.103. The molecule has 10 heteroatoms. The van der Waals surface area contributed by atoms with Gasteiger partial charge in [-0.25, -0.2) is 0 Å². The third-order valence-electron chi connectivity index (χ3n) is 4.09. The van der Waals surface area contributed by atoms with Crippen molar-refractivity contribution in [3.05, 3.63) is 40.6 Å². The molecule has 1 aliphatic rings. The third kappa shape index (κ3) is 5.40. The van der Waals surface area contributed by atoms with Gasteiger partial charge in [0.05, 0.1) is 5.25 Å². The van der Waals surface area contributed by atoms with Gasteiger partial charge in [0.25, 0.3) is 0 Å². The normalized spacial score (nSPS) is 13.7. The predicted molar refractivity (Wildman–Crippen MR) is 118 cm³/mol. The minimum atomic E-state index is -0.310. The van der Waals surface area contributed by atoms with E-state index in [0.29, 0.717) is 30.4 Å². The molecule has 0 spiro atoms. The van der Waals surface area contributed by atoms with Gasteiger partial charge in [-0.2, -0.15) is 0 Å². The highest BCUT2D eigenvalue weighted by Crippen LogP contribution is 2.33. The van der Waals surface area contributed by atoms with E-state index in [2.05, 4.69) is 38.3 Å². The van der Waals surface area contributed by atoms with E-state index < -0.39 is 0 Å². The highest BCUT2D eigenvalue weighted by atomic mass is 32.2. The van der Waals surface area contributed by atoms with E-state index in [-0.39, 0.29) is 11.2 Å². The lowest BCUT2D eigenvalue weighted by Gasteiger charge is -2.19. The second-order valence-corrected chi connectivity index (χ2v) is 9.83. The molecular formula is C19H20N4O3S3. The second kappa shape index (κ2) is 9.47. The van der Waals surface area contributed by atoms with Crippen LogP contribution < -0.4 is 20.1 Å². The number of nitrogens with one attached hydrogen (secondary N) is 2. The van der Waals surface area contributed by atoms with Crippen LogP contribution in [0.15, 0.2) is 40.1 Å². The van der Waals surface area contributed by atoms with Gasteiger partial charge in [-0.3, -0.25) is 4.79 Å². The molecule has 2 aromatic heterocycles. The van der Waals surface area contributed by atoms with Gasteiger partial charge in [0.2, 0.25) is 11.0 Å². The summed E-state index contributed by atoms with van der Waals surface area (Å²) < 4.78 is 11.8. The quantitative estimate of drug-likeness (QED) is 0.501. The van der Waals surface area contributed by atoms with Gasteiger partial charge < -0.3 is 20.1 Å². The standard InChI is InChI=1S/C19H20N4O3S3/c1-12(17(24)21-13-4-5-15-16(11-13)26-9-8-25-15)28-19-23-22-18(29-19)20-7-6-14-3-2-10-27-14/h2-5,10-12H,6-9H2,1H3,(H,20,22)(H,21,24)/t12-/m0/s1. The molecule has 1 aliphatic heterocycles. The Kier molecular flexibility index (Phi) is 6.53. The van der Waals surface area contributed by atoms with Crippen LogP contribution in [0.1, 0.15) is 11.8 Å². The SMILES string of the molecule is C[C@H](Sc1nnc(NCCc2cccs2)s1)C(=O)Nc1ccc2c(c1)OCCO2. The predicted octanol–water partition coefficient (Wildman–Crippen LogP) is 4.14. The first-order chi connectivity index (χ1) is 14.2. The number of carbonyl (C=O) groups is 1. The molecule has 0 bridgehead atoms. The summed E-state index contributed by atoms with van der Waals surface area (Å²) in [5.74, 6) is 1.25. The number of amides is 1. The van der Waals surface area contributed by atoms with Gasteiger partial charge >= 0.3 is 0 Å². The summed E-state index contributed by atoms with van der Waals surface area (Å²) in [6.07, 6.45) is 0.952. The first-order valence-corrected chi connectivity index (χ1v) is 11.7. The van der Waals surface area contributed by atoms with Crippen molar-refractivity contribution in [2.24, 2.45) is 0 Å². The molecule has 3 aromatic rings. The molecule has 1 aromatic carbocycles. The number of nitrogens with zero attached hydrogens (tertiary/aromatic N) is 2. The van der Waals surface area contributed by atoms with Crippen molar-refractivity contribution in [1.82, 2.24) is 10.2 Å². The number of ether oxygens (including phenoxy) is 2. The highest BCUT2D eigenvalue weighted by Gasteiger charge is 2.19. The molecule has 1 amide bonds. The van der Waals surface area contributed by atoms with Crippen LogP contribution in [0.25, 0.3) is 0 Å². The minimum Gasteiger partial charge on any atom is -0.486 e. The van der Waals surface area contributed by atoms with Gasteiger partial charge in [0.1, 0.15) is 13.2 Å². The van der Waals surface area contributed by atoms with E-state index in [1.165, 1.54) is 28.0 Å². The fraction of sp³-hybridized carbons (Fsp3) is 0.316. The first-order valence-electron chi connectivity index (χ1n) is 9.14. The lowest BCUT2D eigenvalue weighted by Crippen LogP contribution is -2.22. The van der Waals surface area contributed by atoms with Crippen molar-refractivity contribution in [2.45, 2.75) is 22.9 Å². The molecule has 0 unspecified atom stereocenters. The van der Waals surface area contributed by atoms with Gasteiger partial charge in [-0.15, -0.1) is 21.5 Å². The van der Waals surface area contributed by atoms with Gasteiger partial charge in [0.15, 0.2) is 15.8 Å². The molecule has 0 saturated carbocycles. The Morgan fingerprint density at radius 1 is 1.24 bits per heavy atom. The average molecular weight is 449 g/mol. The fourth-order valence-electron chi connectivity index (χ4n) is 2.65. The molecule has 3 heterocycles. The number of hydrogen-bond donors (Lipinski definition) is 2. The lowest BCUT2D eigenvalue weighted by molar-refractivity contribution is -0.115. The molecule has 0 aliphatic carbocycles. The van der Waals surface area contributed by atoms with Crippen molar-refractivity contribution >= 4 is 51.2 Å². The maximum absolute atomic E-state index is 12.5. The molecule has 29 heavy (non-hydrogen) atoms. The number of hydrogen-bond acceptors (Lipinski definition) is 9. The third-order valence-corrected chi connectivity index (χ3v) is 7.09. The van der Waals surface area contributed by atoms with Crippen molar-refractivity contribution in [1.29, 1.82) is 0 Å². The topological polar surface area (TPSA) is 85.4 Å². The zero-order chi connectivity index (χ0) is 20.1. The first kappa shape index (κ1) is 20.0. The zero-order valence-corrected chi connectivity index (χ0v) is 18.2. The van der Waals surface area contributed by atoms with Crippen molar-refractivity contribution < 1.29 is 14.3 Å². The van der Waals surface area contributed by atoms with E-state index >= 15 is 0 Å². The van der Waals surface area contributed by atoms with E-state index in [1.807, 2.05) is 13.0 Å². The van der Waals surface area contributed by atoms with Crippen LogP contribution in [-0.2, 0) is 11.2 Å². The summed E-state index contributed by atoms with van der Waals surface area (Å²) in [6.45, 7) is 3.71. The van der Waals surface area contributed by atoms with Crippen LogP contribution in [0.3, 0.4) is 0 Å². The Balaban J connectivity index is 1.27. The van der Waals surface area contributed by atoms with Crippen LogP contribution in [0.5, 0.6) is 11.5 Å². The molecule has 2 N–H and O–H groups in total. The number of aromatic nitrogens is 2. The maximum atomic E-state index is 12.5. The number of fused-ring (bicyclic) bond motifs is 1. The average Bonchev–Trinajstić information content (AvgIpc) is 3.40. The zero-order valence-electron chi connectivity index (χ0n) is 15.7. The fourth-order valence-corrected chi connectivity index (χ4v) is 5.28. The van der Waals surface area contributed by atoms with Crippen molar-refractivity contribution in [2.75, 3.05) is 30.4 Å². The van der Waals surface area contributed by atoms with Gasteiger partial charge in [0, 0.05) is 23.2 Å². The van der Waals surface area contributed by atoms with Gasteiger partial charge in [-0.1, -0.05) is 29.2 Å². The number of benzene rings is 1. The van der Waals surface area contributed by atoms with Crippen molar-refractivity contribution in [3.63, 3.8) is 0 Å². The Morgan fingerprint density at radius 2 is 2.10 bits per heavy atom. The summed E-state index contributed by atoms with van der Waals surface area (Å²) in [6, 6.07) is 9.57. The number of thiophene rings is 1. The van der Waals surface area contributed by atoms with E-state index in [1.54, 1.807) is 23.5 Å². The monoisotopic (exact) mass is 448 g/mol. The molecule has 1 atom stereocenters. The summed E-state index contributed by atoms with van der Waals surface area (Å²) >= 11 is 4.59. The van der Waals surface area contributed by atoms with E-state index in [4.69, 9.17) is 9.47 Å². The highest BCUT2D eigenvalue weighted by molar-refractivity contribution is 8.02. The van der Waals surface area contributed by atoms with Crippen LogP contribution in [0.2, 0.25) is 0 Å². The van der Waals surface area contributed by atoms with Crippen LogP contribution in [0, 0.1) is 0 Å². The molecule has 152 valence electrons. The molecule has 7 nitrogen and oxygen atoms in total. The Morgan fingerprint density at radius 3 is 2.93 bits per heavy atom. The van der Waals surface area contributed by atoms with Crippen molar-refractivity contribution in [3.8, 4) is 11.5 Å². The summed E-state index contributed by atoms with van der Waals surface area (Å²) in [5, 5.41) is 17.1. The van der Waals surface area contributed by atoms with E-state index in [0.717, 1.165) is 22.4 Å². The summed E-state index contributed by atoms with van der Waals surface area (Å²) in [5.41, 5.74) is 0.680. The van der Waals surface area contributed by atoms with Crippen LogP contribution >= 0.6 is 34.4 Å². The maximum Gasteiger partial charge on any atom is 0.237 e. The Labute approximate surface area is 180 Å². The Hall–Kier alpha value is -2.30. The number of anilines is 2. The smallest absolute Gasteiger partial charge is 0.237 e. The molecule has 0 fully saturated rings. The largest absolute Gasteiger partial charge is 0.486 e. The molecular weight excluding hydrogens is 428 g/mol. The number of carbonyl (C=O) groups excluding carboxylic acids is 1. The van der Waals surface area contributed by atoms with Gasteiger partial charge in [-0.05, 0) is 36.9 Å². The van der Waals surface area contributed by atoms with Crippen LogP contribution in [0.4, 0.5) is 10.8 Å². The molecule has 4 rings (SSSR count). The number of thioether (sulfide) groups is 1. The summed E-state index contributed by atoms with van der Waals surface area (Å²) in [4.78, 5) is 13.9. The van der Waals surface area contributed by atoms with Crippen LogP contribution in [-0.4, -0.2) is 41.1 Å². The van der Waals surface area contributed by atoms with E-state index in [9.17, 15) is 4.79 Å². The Bertz CT molecular complexity index is 962. The number of rotatable bonds is 8. The molecule has 0 radical (unpaired) electrons. The molecule has 0 saturated heterocycles. The lowest BCUT2D eigenvalue weighted by atomic mass is 10.2. The summed E-state index contributed by atoms with van der Waals surface area (Å²) in [7, 11) is 0.